The molecule has 1 saturated heterocycles. The lowest BCUT2D eigenvalue weighted by Gasteiger charge is -2.42. The Bertz CT molecular complexity index is 485. The highest BCUT2D eigenvalue weighted by molar-refractivity contribution is 5.45. The molecule has 0 aliphatic carbocycles. The van der Waals surface area contributed by atoms with Gasteiger partial charge in [-0.25, -0.2) is 0 Å². The Labute approximate surface area is 155 Å². The second kappa shape index (κ2) is 10.2. The van der Waals surface area contributed by atoms with Crippen molar-refractivity contribution in [3.63, 3.8) is 0 Å². The number of ether oxygens (including phenoxy) is 1. The third kappa shape index (κ3) is 6.62. The minimum atomic E-state index is 0.444. The van der Waals surface area contributed by atoms with Crippen LogP contribution in [0, 0.1) is 5.41 Å². The van der Waals surface area contributed by atoms with E-state index in [0.717, 1.165) is 19.6 Å². The van der Waals surface area contributed by atoms with Gasteiger partial charge in [-0.1, -0.05) is 40.5 Å². The van der Waals surface area contributed by atoms with Gasteiger partial charge in [0.1, 0.15) is 0 Å². The molecule has 0 bridgehead atoms. The van der Waals surface area contributed by atoms with Gasteiger partial charge in [-0.3, -0.25) is 4.98 Å². The summed E-state index contributed by atoms with van der Waals surface area (Å²) < 4.78 is 5.59. The number of pyridine rings is 1. The summed E-state index contributed by atoms with van der Waals surface area (Å²) in [5.74, 6) is 0.502. The van der Waals surface area contributed by atoms with Crippen LogP contribution < -0.4 is 4.90 Å². The smallest absolute Gasteiger partial charge is 0.0553 e. The number of aromatic nitrogens is 1. The SMILES string of the molecule is CCCOCCCCCC1(C)CCCN(c2ccc(C(C)C)nc2)C1. The van der Waals surface area contributed by atoms with Crippen molar-refractivity contribution in [3.8, 4) is 0 Å². The van der Waals surface area contributed by atoms with Gasteiger partial charge in [0, 0.05) is 32.0 Å². The van der Waals surface area contributed by atoms with Crippen LogP contribution in [0.1, 0.15) is 84.3 Å². The van der Waals surface area contributed by atoms with Crippen LogP contribution in [-0.4, -0.2) is 31.3 Å². The molecule has 142 valence electrons. The maximum absolute atomic E-state index is 5.59. The summed E-state index contributed by atoms with van der Waals surface area (Å²) >= 11 is 0. The summed E-state index contributed by atoms with van der Waals surface area (Å²) in [5.41, 5.74) is 2.93. The Hall–Kier alpha value is -1.09. The zero-order valence-corrected chi connectivity index (χ0v) is 16.9. The molecule has 0 N–H and O–H groups in total. The van der Waals surface area contributed by atoms with Gasteiger partial charge >= 0.3 is 0 Å². The van der Waals surface area contributed by atoms with E-state index in [2.05, 4.69) is 55.9 Å². The largest absolute Gasteiger partial charge is 0.381 e. The second-order valence-corrected chi connectivity index (χ2v) is 8.35. The summed E-state index contributed by atoms with van der Waals surface area (Å²) in [5, 5.41) is 0. The Morgan fingerprint density at radius 1 is 1.20 bits per heavy atom. The lowest BCUT2D eigenvalue weighted by Crippen LogP contribution is -2.41. The van der Waals surface area contributed by atoms with Gasteiger partial charge in [0.2, 0.25) is 0 Å². The van der Waals surface area contributed by atoms with Gasteiger partial charge in [0.25, 0.3) is 0 Å². The molecule has 0 radical (unpaired) electrons. The van der Waals surface area contributed by atoms with Crippen LogP contribution in [0.15, 0.2) is 18.3 Å². The molecule has 0 saturated carbocycles. The number of piperidine rings is 1. The first-order chi connectivity index (χ1) is 12.0. The molecule has 2 rings (SSSR count). The molecule has 25 heavy (non-hydrogen) atoms. The molecule has 1 aromatic heterocycles. The number of hydrogen-bond acceptors (Lipinski definition) is 3. The predicted octanol–water partition coefficient (Wildman–Crippen LogP) is 5.80. The van der Waals surface area contributed by atoms with Crippen molar-refractivity contribution in [1.82, 2.24) is 4.98 Å². The average Bonchev–Trinajstić information content (AvgIpc) is 2.61. The molecule has 3 heteroatoms. The predicted molar refractivity (Wildman–Crippen MR) is 107 cm³/mol. The molecule has 1 atom stereocenters. The van der Waals surface area contributed by atoms with Crippen LogP contribution in [0.4, 0.5) is 5.69 Å². The highest BCUT2D eigenvalue weighted by Crippen LogP contribution is 2.36. The van der Waals surface area contributed by atoms with E-state index in [1.807, 2.05) is 0 Å². The van der Waals surface area contributed by atoms with Crippen molar-refractivity contribution in [2.45, 2.75) is 78.6 Å². The summed E-state index contributed by atoms with van der Waals surface area (Å²) in [7, 11) is 0. The number of rotatable bonds is 10. The van der Waals surface area contributed by atoms with Gasteiger partial charge in [0.15, 0.2) is 0 Å². The topological polar surface area (TPSA) is 25.4 Å². The molecule has 0 amide bonds. The van der Waals surface area contributed by atoms with E-state index < -0.39 is 0 Å². The fraction of sp³-hybridized carbons (Fsp3) is 0.773. The van der Waals surface area contributed by atoms with E-state index in [9.17, 15) is 0 Å². The molecule has 2 heterocycles. The summed E-state index contributed by atoms with van der Waals surface area (Å²) in [4.78, 5) is 7.20. The molecule has 1 aromatic rings. The fourth-order valence-corrected chi connectivity index (χ4v) is 3.85. The van der Waals surface area contributed by atoms with Crippen LogP contribution >= 0.6 is 0 Å². The number of nitrogens with zero attached hydrogens (tertiary/aromatic N) is 2. The fourth-order valence-electron chi connectivity index (χ4n) is 3.85. The molecule has 0 aromatic carbocycles. The van der Waals surface area contributed by atoms with Crippen LogP contribution in [0.5, 0.6) is 0 Å². The third-order valence-electron chi connectivity index (χ3n) is 5.43. The highest BCUT2D eigenvalue weighted by atomic mass is 16.5. The number of hydrogen-bond donors (Lipinski definition) is 0. The molecular weight excluding hydrogens is 308 g/mol. The van der Waals surface area contributed by atoms with E-state index >= 15 is 0 Å². The van der Waals surface area contributed by atoms with E-state index in [-0.39, 0.29) is 0 Å². The van der Waals surface area contributed by atoms with E-state index in [0.29, 0.717) is 11.3 Å². The van der Waals surface area contributed by atoms with Crippen LogP contribution in [-0.2, 0) is 4.74 Å². The monoisotopic (exact) mass is 346 g/mol. The van der Waals surface area contributed by atoms with Crippen molar-refractivity contribution in [2.24, 2.45) is 5.41 Å². The Morgan fingerprint density at radius 3 is 2.72 bits per heavy atom. The molecule has 1 unspecified atom stereocenters. The molecule has 1 aliphatic heterocycles. The molecular formula is C22H38N2O. The number of anilines is 1. The molecule has 3 nitrogen and oxygen atoms in total. The van der Waals surface area contributed by atoms with E-state index in [4.69, 9.17) is 4.74 Å². The highest BCUT2D eigenvalue weighted by Gasteiger charge is 2.30. The van der Waals surface area contributed by atoms with Crippen molar-refractivity contribution < 1.29 is 4.74 Å². The number of unbranched alkanes of at least 4 members (excludes halogenated alkanes) is 2. The first-order valence-corrected chi connectivity index (χ1v) is 10.3. The minimum Gasteiger partial charge on any atom is -0.381 e. The second-order valence-electron chi connectivity index (χ2n) is 8.35. The van der Waals surface area contributed by atoms with Crippen LogP contribution in [0.25, 0.3) is 0 Å². The Kier molecular flexibility index (Phi) is 8.21. The lowest BCUT2D eigenvalue weighted by atomic mass is 9.77. The molecule has 1 aliphatic rings. The lowest BCUT2D eigenvalue weighted by molar-refractivity contribution is 0.129. The average molecular weight is 347 g/mol. The van der Waals surface area contributed by atoms with Crippen LogP contribution in [0.2, 0.25) is 0 Å². The van der Waals surface area contributed by atoms with Crippen LogP contribution in [0.3, 0.4) is 0 Å². The maximum atomic E-state index is 5.59. The zero-order valence-electron chi connectivity index (χ0n) is 16.9. The van der Waals surface area contributed by atoms with Gasteiger partial charge in [-0.05, 0) is 55.6 Å². The summed E-state index contributed by atoms with van der Waals surface area (Å²) in [6, 6.07) is 4.46. The maximum Gasteiger partial charge on any atom is 0.0553 e. The Morgan fingerprint density at radius 2 is 2.04 bits per heavy atom. The van der Waals surface area contributed by atoms with Gasteiger partial charge < -0.3 is 9.64 Å². The van der Waals surface area contributed by atoms with Crippen molar-refractivity contribution in [1.29, 1.82) is 0 Å². The van der Waals surface area contributed by atoms with Gasteiger partial charge in [-0.2, -0.15) is 0 Å². The summed E-state index contributed by atoms with van der Waals surface area (Å²) in [6.45, 7) is 13.2. The third-order valence-corrected chi connectivity index (χ3v) is 5.43. The molecule has 0 spiro atoms. The van der Waals surface area contributed by atoms with E-state index in [1.54, 1.807) is 0 Å². The standard InChI is InChI=1S/C22H38N2O/c1-5-15-25-16-8-6-7-12-22(4)13-9-14-24(18-22)20-10-11-21(19(2)3)23-17-20/h10-11,17,19H,5-9,12-16,18H2,1-4H3. The zero-order chi connectivity index (χ0) is 18.1. The quantitative estimate of drug-likeness (QED) is 0.501. The van der Waals surface area contributed by atoms with Crippen molar-refractivity contribution >= 4 is 5.69 Å². The van der Waals surface area contributed by atoms with Gasteiger partial charge in [-0.15, -0.1) is 0 Å². The first-order valence-electron chi connectivity index (χ1n) is 10.3. The van der Waals surface area contributed by atoms with Crippen molar-refractivity contribution in [2.75, 3.05) is 31.2 Å². The minimum absolute atomic E-state index is 0.444. The van der Waals surface area contributed by atoms with Crippen molar-refractivity contribution in [3.05, 3.63) is 24.0 Å². The Balaban J connectivity index is 1.78. The molecule has 1 fully saturated rings. The normalized spacial score (nSPS) is 21.1. The van der Waals surface area contributed by atoms with Gasteiger partial charge in [0.05, 0.1) is 11.9 Å². The van der Waals surface area contributed by atoms with E-state index in [1.165, 1.54) is 63.0 Å². The summed E-state index contributed by atoms with van der Waals surface area (Å²) in [6.07, 6.45) is 11.0. The first kappa shape index (κ1) is 20.2.